The van der Waals surface area contributed by atoms with E-state index in [0.29, 0.717) is 11.1 Å². The number of carbonyl (C=O) groups excluding carboxylic acids is 3. The second kappa shape index (κ2) is 7.93. The highest BCUT2D eigenvalue weighted by Crippen LogP contribution is 2.35. The molecule has 0 radical (unpaired) electrons. The van der Waals surface area contributed by atoms with Gasteiger partial charge in [0.15, 0.2) is 5.54 Å². The Bertz CT molecular complexity index is 1350. The van der Waals surface area contributed by atoms with Crippen molar-refractivity contribution in [1.82, 2.24) is 15.5 Å². The maximum Gasteiger partial charge on any atom is 0.416 e. The molecule has 10 heteroatoms. The molecule has 1 unspecified atom stereocenters. The molecule has 0 aliphatic carbocycles. The topological polar surface area (TPSA) is 78.5 Å². The minimum Gasteiger partial charge on any atom is -0.331 e. The molecular weight excluding hydrogens is 466 g/mol. The Morgan fingerprint density at radius 2 is 1.51 bits per heavy atom. The highest BCUT2D eigenvalue weighted by atomic mass is 19.4. The third-order valence-corrected chi connectivity index (χ3v) is 6.24. The zero-order valence-electron chi connectivity index (χ0n) is 17.9. The van der Waals surface area contributed by atoms with Crippen LogP contribution in [0.4, 0.5) is 22.4 Å². The molecule has 6 nitrogen and oxygen atoms in total. The van der Waals surface area contributed by atoms with E-state index in [1.165, 1.54) is 23.1 Å². The number of nitrogens with one attached hydrogen (secondary N) is 2. The van der Waals surface area contributed by atoms with Crippen LogP contribution in [0.2, 0.25) is 0 Å². The predicted octanol–water partition coefficient (Wildman–Crippen LogP) is 4.20. The van der Waals surface area contributed by atoms with E-state index in [9.17, 15) is 31.9 Å². The van der Waals surface area contributed by atoms with Crippen molar-refractivity contribution in [3.05, 3.63) is 94.8 Å². The van der Waals surface area contributed by atoms with E-state index in [1.807, 2.05) is 0 Å². The lowest BCUT2D eigenvalue weighted by molar-refractivity contribution is -0.137. The van der Waals surface area contributed by atoms with Crippen molar-refractivity contribution in [3.8, 4) is 11.1 Å². The largest absolute Gasteiger partial charge is 0.416 e. The van der Waals surface area contributed by atoms with E-state index in [0.717, 1.165) is 23.3 Å². The Kier molecular flexibility index (Phi) is 5.12. The summed E-state index contributed by atoms with van der Waals surface area (Å²) in [5.74, 6) is -1.73. The van der Waals surface area contributed by atoms with E-state index in [4.69, 9.17) is 0 Å². The predicted molar refractivity (Wildman–Crippen MR) is 116 cm³/mol. The van der Waals surface area contributed by atoms with Gasteiger partial charge in [-0.1, -0.05) is 42.5 Å². The third-order valence-electron chi connectivity index (χ3n) is 6.24. The number of carbonyl (C=O) groups is 3. The molecule has 0 aromatic heterocycles. The van der Waals surface area contributed by atoms with Crippen LogP contribution in [0.3, 0.4) is 0 Å². The minimum absolute atomic E-state index is 0.00906. The average molecular weight is 483 g/mol. The number of nitrogens with zero attached hydrogens (tertiary/aromatic N) is 1. The van der Waals surface area contributed by atoms with Gasteiger partial charge in [0.1, 0.15) is 5.82 Å². The maximum absolute atomic E-state index is 13.2. The molecule has 3 aromatic rings. The summed E-state index contributed by atoms with van der Waals surface area (Å²) in [6.45, 7) is -0.291. The van der Waals surface area contributed by atoms with Gasteiger partial charge < -0.3 is 10.2 Å². The van der Waals surface area contributed by atoms with Crippen LogP contribution >= 0.6 is 0 Å². The van der Waals surface area contributed by atoms with Crippen molar-refractivity contribution in [3.63, 3.8) is 0 Å². The summed E-state index contributed by atoms with van der Waals surface area (Å²) in [4.78, 5) is 39.2. The first-order chi connectivity index (χ1) is 16.6. The molecule has 35 heavy (non-hydrogen) atoms. The fourth-order valence-corrected chi connectivity index (χ4v) is 4.44. The lowest BCUT2D eigenvalue weighted by Crippen LogP contribution is -2.52. The average Bonchev–Trinajstić information content (AvgIpc) is 3.29. The molecule has 0 bridgehead atoms. The number of amides is 4. The monoisotopic (exact) mass is 483 g/mol. The van der Waals surface area contributed by atoms with Crippen molar-refractivity contribution in [2.45, 2.75) is 18.3 Å². The number of hydrogen-bond acceptors (Lipinski definition) is 3. The first kappa shape index (κ1) is 22.6. The molecule has 2 aliphatic rings. The second-order valence-electron chi connectivity index (χ2n) is 8.43. The van der Waals surface area contributed by atoms with Crippen molar-refractivity contribution in [1.29, 1.82) is 0 Å². The Labute approximate surface area is 196 Å². The SMILES string of the molecule is O=C1NC(=O)C(CN2Cc3ccc(C(F)(F)F)cc3C2=O)(c2ccc(-c3ccc(F)cc3)cc2)N1. The molecule has 1 saturated heterocycles. The standard InChI is InChI=1S/C25H17F4N3O3/c26-19-9-4-15(5-10-19)14-1-6-17(7-2-14)24(22(34)30-23(35)31-24)13-32-12-16-3-8-18(25(27,28)29)11-20(16)21(32)33/h1-11H,12-13H2,(H2,30,31,34,35). The van der Waals surface area contributed by atoms with Gasteiger partial charge in [-0.3, -0.25) is 14.9 Å². The summed E-state index contributed by atoms with van der Waals surface area (Å²) in [7, 11) is 0. The second-order valence-corrected chi connectivity index (χ2v) is 8.43. The first-order valence-corrected chi connectivity index (χ1v) is 10.6. The van der Waals surface area contributed by atoms with Gasteiger partial charge in [0.2, 0.25) is 0 Å². The number of halogens is 4. The van der Waals surface area contributed by atoms with Crippen LogP contribution in [0.25, 0.3) is 11.1 Å². The summed E-state index contributed by atoms with van der Waals surface area (Å²) >= 11 is 0. The molecule has 1 atom stereocenters. The molecule has 178 valence electrons. The Morgan fingerprint density at radius 3 is 2.09 bits per heavy atom. The van der Waals surface area contributed by atoms with Crippen molar-refractivity contribution in [2.24, 2.45) is 0 Å². The van der Waals surface area contributed by atoms with Crippen LogP contribution in [0.15, 0.2) is 66.7 Å². The molecule has 1 fully saturated rings. The summed E-state index contributed by atoms with van der Waals surface area (Å²) in [6, 6.07) is 14.6. The number of fused-ring (bicyclic) bond motifs is 1. The quantitative estimate of drug-likeness (QED) is 0.431. The van der Waals surface area contributed by atoms with E-state index in [1.54, 1.807) is 36.4 Å². The molecule has 4 amide bonds. The molecule has 3 aromatic carbocycles. The van der Waals surface area contributed by atoms with Gasteiger partial charge in [0, 0.05) is 12.1 Å². The van der Waals surface area contributed by atoms with E-state index in [-0.39, 0.29) is 24.5 Å². The Hall–Kier alpha value is -4.21. The maximum atomic E-state index is 13.2. The lowest BCUT2D eigenvalue weighted by atomic mass is 9.88. The van der Waals surface area contributed by atoms with Gasteiger partial charge in [-0.05, 0) is 46.5 Å². The van der Waals surface area contributed by atoms with Crippen LogP contribution in [0.5, 0.6) is 0 Å². The third kappa shape index (κ3) is 3.90. The van der Waals surface area contributed by atoms with E-state index in [2.05, 4.69) is 10.6 Å². The van der Waals surface area contributed by atoms with Gasteiger partial charge in [-0.15, -0.1) is 0 Å². The molecular formula is C25H17F4N3O3. The first-order valence-electron chi connectivity index (χ1n) is 10.6. The van der Waals surface area contributed by atoms with Crippen LogP contribution in [-0.4, -0.2) is 29.3 Å². The lowest BCUT2D eigenvalue weighted by Gasteiger charge is -2.31. The highest BCUT2D eigenvalue weighted by Gasteiger charge is 2.50. The van der Waals surface area contributed by atoms with E-state index < -0.39 is 35.1 Å². The van der Waals surface area contributed by atoms with Crippen LogP contribution < -0.4 is 10.6 Å². The molecule has 2 heterocycles. The number of imide groups is 1. The van der Waals surface area contributed by atoms with Gasteiger partial charge in [0.25, 0.3) is 11.8 Å². The number of urea groups is 1. The van der Waals surface area contributed by atoms with Crippen LogP contribution in [0.1, 0.15) is 27.0 Å². The molecule has 5 rings (SSSR count). The zero-order chi connectivity index (χ0) is 25.0. The highest BCUT2D eigenvalue weighted by molar-refractivity contribution is 6.08. The van der Waals surface area contributed by atoms with Crippen LogP contribution in [0, 0.1) is 5.82 Å². The molecule has 0 saturated carbocycles. The van der Waals surface area contributed by atoms with Crippen LogP contribution in [-0.2, 0) is 23.1 Å². The fraction of sp³-hybridized carbons (Fsp3) is 0.160. The number of rotatable bonds is 4. The number of alkyl halides is 3. The summed E-state index contributed by atoms with van der Waals surface area (Å²) < 4.78 is 52.6. The fourth-order valence-electron chi connectivity index (χ4n) is 4.44. The van der Waals surface area contributed by atoms with E-state index >= 15 is 0 Å². The molecule has 0 spiro atoms. The Balaban J connectivity index is 1.47. The van der Waals surface area contributed by atoms with Gasteiger partial charge in [-0.25, -0.2) is 9.18 Å². The van der Waals surface area contributed by atoms with Crippen molar-refractivity contribution >= 4 is 17.8 Å². The van der Waals surface area contributed by atoms with Gasteiger partial charge in [-0.2, -0.15) is 13.2 Å². The summed E-state index contributed by atoms with van der Waals surface area (Å²) in [6.07, 6.45) is -4.60. The minimum atomic E-state index is -4.60. The summed E-state index contributed by atoms with van der Waals surface area (Å²) in [5, 5.41) is 4.77. The zero-order valence-corrected chi connectivity index (χ0v) is 17.9. The number of benzene rings is 3. The molecule has 2 N–H and O–H groups in total. The smallest absolute Gasteiger partial charge is 0.331 e. The van der Waals surface area contributed by atoms with Gasteiger partial charge >= 0.3 is 12.2 Å². The normalized spacial score (nSPS) is 19.5. The Morgan fingerprint density at radius 1 is 0.886 bits per heavy atom. The van der Waals surface area contributed by atoms with Gasteiger partial charge in [0.05, 0.1) is 12.1 Å². The molecule has 2 aliphatic heterocycles. The van der Waals surface area contributed by atoms with Crippen molar-refractivity contribution in [2.75, 3.05) is 6.54 Å². The number of hydrogen-bond donors (Lipinski definition) is 2. The van der Waals surface area contributed by atoms with Crippen molar-refractivity contribution < 1.29 is 31.9 Å². The summed E-state index contributed by atoms with van der Waals surface area (Å²) in [5.41, 5.74) is -0.421.